The van der Waals surface area contributed by atoms with Gasteiger partial charge in [-0.05, 0) is 60.4 Å². The van der Waals surface area contributed by atoms with Gasteiger partial charge < -0.3 is 20.1 Å². The zero-order valence-corrected chi connectivity index (χ0v) is 17.7. The Morgan fingerprint density at radius 3 is 2.70 bits per heavy atom. The number of aromatic nitrogens is 1. The first-order chi connectivity index (χ1) is 15.9. The largest absolute Gasteiger partial charge is 0.485 e. The fourth-order valence-electron chi connectivity index (χ4n) is 3.42. The summed E-state index contributed by atoms with van der Waals surface area (Å²) in [5.41, 5.74) is 2.00. The fourth-order valence-corrected chi connectivity index (χ4v) is 3.42. The summed E-state index contributed by atoms with van der Waals surface area (Å²) in [7, 11) is 0. The lowest BCUT2D eigenvalue weighted by atomic mass is 9.97. The molecule has 0 saturated heterocycles. The summed E-state index contributed by atoms with van der Waals surface area (Å²) in [6.45, 7) is 1.21. The van der Waals surface area contributed by atoms with E-state index in [1.807, 2.05) is 6.07 Å². The summed E-state index contributed by atoms with van der Waals surface area (Å²) in [5, 5.41) is 5.03. The van der Waals surface area contributed by atoms with E-state index >= 15 is 0 Å². The molecular weight excluding hydrogens is 432 g/mol. The van der Waals surface area contributed by atoms with E-state index in [1.165, 1.54) is 25.3 Å². The zero-order chi connectivity index (χ0) is 23.4. The number of ether oxygens (including phenoxy) is 2. The number of carbonyl (C=O) groups is 2. The third-order valence-electron chi connectivity index (χ3n) is 5.03. The highest BCUT2D eigenvalue weighted by molar-refractivity contribution is 5.94. The molecule has 170 valence electrons. The lowest BCUT2D eigenvalue weighted by Crippen LogP contribution is -2.31. The molecule has 0 radical (unpaired) electrons. The molecule has 2 heterocycles. The third-order valence-corrected chi connectivity index (χ3v) is 5.03. The highest BCUT2D eigenvalue weighted by Gasteiger charge is 2.23. The van der Waals surface area contributed by atoms with Crippen molar-refractivity contribution in [3.63, 3.8) is 0 Å². The first-order valence-corrected chi connectivity index (χ1v) is 10.3. The standard InChI is InChI=1S/C24H21F2N3O4/c1-14(30)27-13-23(31)29-17-4-9-24(28-12-17)32-18-5-8-22-15(10-18)3-7-21(33-22)16-2-6-19(25)20(26)11-16/h2,4-6,8-12,21H,3,7,13H2,1H3,(H,27,30)(H,29,31). The minimum absolute atomic E-state index is 0.123. The van der Waals surface area contributed by atoms with Crippen LogP contribution in [0.2, 0.25) is 0 Å². The summed E-state index contributed by atoms with van der Waals surface area (Å²) in [4.78, 5) is 26.8. The zero-order valence-electron chi connectivity index (χ0n) is 17.7. The number of hydrogen-bond donors (Lipinski definition) is 2. The molecule has 4 rings (SSSR count). The van der Waals surface area contributed by atoms with E-state index in [0.717, 1.165) is 11.6 Å². The summed E-state index contributed by atoms with van der Waals surface area (Å²) < 4.78 is 38.5. The number of nitrogens with zero attached hydrogens (tertiary/aromatic N) is 1. The number of anilines is 1. The van der Waals surface area contributed by atoms with E-state index in [-0.39, 0.29) is 24.5 Å². The van der Waals surface area contributed by atoms with E-state index in [4.69, 9.17) is 9.47 Å². The van der Waals surface area contributed by atoms with E-state index in [2.05, 4.69) is 15.6 Å². The summed E-state index contributed by atoms with van der Waals surface area (Å²) in [5.74, 6) is -0.861. The van der Waals surface area contributed by atoms with Crippen LogP contribution in [0.4, 0.5) is 14.5 Å². The SMILES string of the molecule is CC(=O)NCC(=O)Nc1ccc(Oc2ccc3c(c2)CCC(c2ccc(F)c(F)c2)O3)nc1. The molecule has 2 N–H and O–H groups in total. The summed E-state index contributed by atoms with van der Waals surface area (Å²) >= 11 is 0. The number of pyridine rings is 1. The molecule has 0 fully saturated rings. The molecule has 2 aromatic carbocycles. The Kier molecular flexibility index (Phi) is 6.48. The predicted octanol–water partition coefficient (Wildman–Crippen LogP) is 4.29. The molecule has 1 aliphatic rings. The number of aryl methyl sites for hydroxylation is 1. The number of rotatable bonds is 6. The number of amides is 2. The van der Waals surface area contributed by atoms with E-state index in [1.54, 1.807) is 24.3 Å². The quantitative estimate of drug-likeness (QED) is 0.581. The van der Waals surface area contributed by atoms with Gasteiger partial charge >= 0.3 is 0 Å². The summed E-state index contributed by atoms with van der Waals surface area (Å²) in [6.07, 6.45) is 2.40. The van der Waals surface area contributed by atoms with Crippen LogP contribution < -0.4 is 20.1 Å². The van der Waals surface area contributed by atoms with Gasteiger partial charge in [0.1, 0.15) is 17.6 Å². The van der Waals surface area contributed by atoms with E-state index in [0.29, 0.717) is 41.5 Å². The van der Waals surface area contributed by atoms with Crippen LogP contribution in [0.15, 0.2) is 54.7 Å². The van der Waals surface area contributed by atoms with E-state index in [9.17, 15) is 18.4 Å². The molecule has 0 aliphatic carbocycles. The molecule has 0 bridgehead atoms. The Bertz CT molecular complexity index is 1180. The normalized spacial score (nSPS) is 14.6. The molecular formula is C24H21F2N3O4. The number of hydrogen-bond acceptors (Lipinski definition) is 5. The monoisotopic (exact) mass is 453 g/mol. The van der Waals surface area contributed by atoms with Crippen molar-refractivity contribution in [2.75, 3.05) is 11.9 Å². The Morgan fingerprint density at radius 2 is 1.97 bits per heavy atom. The van der Waals surface area contributed by atoms with Crippen molar-refractivity contribution in [1.82, 2.24) is 10.3 Å². The third kappa shape index (κ3) is 5.62. The molecule has 0 spiro atoms. The smallest absolute Gasteiger partial charge is 0.243 e. The second-order valence-corrected chi connectivity index (χ2v) is 7.53. The van der Waals surface area contributed by atoms with Crippen molar-refractivity contribution in [3.8, 4) is 17.4 Å². The maximum Gasteiger partial charge on any atom is 0.243 e. The highest BCUT2D eigenvalue weighted by Crippen LogP contribution is 2.37. The van der Waals surface area contributed by atoms with Gasteiger partial charge in [0.15, 0.2) is 11.6 Å². The van der Waals surface area contributed by atoms with Crippen LogP contribution in [0, 0.1) is 11.6 Å². The van der Waals surface area contributed by atoms with Crippen LogP contribution in [-0.4, -0.2) is 23.3 Å². The minimum Gasteiger partial charge on any atom is -0.485 e. The van der Waals surface area contributed by atoms with Gasteiger partial charge in [0.25, 0.3) is 0 Å². The van der Waals surface area contributed by atoms with E-state index < -0.39 is 11.6 Å². The molecule has 3 aromatic rings. The number of benzene rings is 2. The fraction of sp³-hybridized carbons (Fsp3) is 0.208. The average molecular weight is 453 g/mol. The van der Waals surface area contributed by atoms with Gasteiger partial charge in [0, 0.05) is 13.0 Å². The van der Waals surface area contributed by atoms with Crippen molar-refractivity contribution in [3.05, 3.63) is 77.5 Å². The maximum atomic E-state index is 13.6. The second-order valence-electron chi connectivity index (χ2n) is 7.53. The van der Waals surface area contributed by atoms with Crippen molar-refractivity contribution in [1.29, 1.82) is 0 Å². The lowest BCUT2D eigenvalue weighted by molar-refractivity contribution is -0.122. The molecule has 1 atom stereocenters. The van der Waals surface area contributed by atoms with Gasteiger partial charge in [-0.25, -0.2) is 13.8 Å². The number of fused-ring (bicyclic) bond motifs is 1. The molecule has 0 saturated carbocycles. The molecule has 2 amide bonds. The van der Waals surface area contributed by atoms with Crippen molar-refractivity contribution < 1.29 is 27.8 Å². The van der Waals surface area contributed by atoms with Crippen LogP contribution in [-0.2, 0) is 16.0 Å². The van der Waals surface area contributed by atoms with Gasteiger partial charge in [-0.1, -0.05) is 6.07 Å². The average Bonchev–Trinajstić information content (AvgIpc) is 2.80. The predicted molar refractivity (Wildman–Crippen MR) is 116 cm³/mol. The molecule has 9 heteroatoms. The Morgan fingerprint density at radius 1 is 1.12 bits per heavy atom. The molecule has 33 heavy (non-hydrogen) atoms. The van der Waals surface area contributed by atoms with Crippen LogP contribution in [0.25, 0.3) is 0 Å². The summed E-state index contributed by atoms with van der Waals surface area (Å²) in [6, 6.07) is 12.4. The topological polar surface area (TPSA) is 89.6 Å². The first-order valence-electron chi connectivity index (χ1n) is 10.3. The Labute approximate surface area is 188 Å². The van der Waals surface area contributed by atoms with Crippen molar-refractivity contribution in [2.45, 2.75) is 25.9 Å². The Balaban J connectivity index is 1.37. The maximum absolute atomic E-state index is 13.6. The number of halogens is 2. The number of carbonyl (C=O) groups excluding carboxylic acids is 2. The second kappa shape index (κ2) is 9.64. The van der Waals surface area contributed by atoms with Gasteiger partial charge in [0.05, 0.1) is 18.4 Å². The van der Waals surface area contributed by atoms with Gasteiger partial charge in [-0.2, -0.15) is 0 Å². The van der Waals surface area contributed by atoms with Crippen LogP contribution >= 0.6 is 0 Å². The van der Waals surface area contributed by atoms with Gasteiger partial charge in [-0.15, -0.1) is 0 Å². The van der Waals surface area contributed by atoms with Crippen LogP contribution in [0.1, 0.15) is 30.6 Å². The van der Waals surface area contributed by atoms with Gasteiger partial charge in [-0.3, -0.25) is 9.59 Å². The molecule has 1 aromatic heterocycles. The van der Waals surface area contributed by atoms with Crippen LogP contribution in [0.3, 0.4) is 0 Å². The Hall–Kier alpha value is -4.01. The van der Waals surface area contributed by atoms with Crippen molar-refractivity contribution >= 4 is 17.5 Å². The molecule has 1 aliphatic heterocycles. The first kappa shape index (κ1) is 22.2. The molecule has 1 unspecified atom stereocenters. The molecule has 7 nitrogen and oxygen atoms in total. The van der Waals surface area contributed by atoms with Crippen LogP contribution in [0.5, 0.6) is 17.4 Å². The van der Waals surface area contributed by atoms with Crippen molar-refractivity contribution in [2.24, 2.45) is 0 Å². The van der Waals surface area contributed by atoms with Gasteiger partial charge in [0.2, 0.25) is 17.7 Å². The highest BCUT2D eigenvalue weighted by atomic mass is 19.2. The minimum atomic E-state index is -0.892. The lowest BCUT2D eigenvalue weighted by Gasteiger charge is -2.26. The number of nitrogens with one attached hydrogen (secondary N) is 2.